The van der Waals surface area contributed by atoms with Crippen molar-refractivity contribution in [3.63, 3.8) is 0 Å². The highest BCUT2D eigenvalue weighted by atomic mass is 32.2. The van der Waals surface area contributed by atoms with Crippen LogP contribution >= 0.6 is 11.8 Å². The van der Waals surface area contributed by atoms with Crippen LogP contribution in [0, 0.1) is 0 Å². The van der Waals surface area contributed by atoms with E-state index in [1.807, 2.05) is 60.7 Å². The quantitative estimate of drug-likeness (QED) is 0.316. The molecule has 0 saturated heterocycles. The van der Waals surface area contributed by atoms with Crippen LogP contribution in [0.3, 0.4) is 0 Å². The van der Waals surface area contributed by atoms with Gasteiger partial charge in [-0.15, -0.1) is 0 Å². The van der Waals surface area contributed by atoms with Crippen LogP contribution in [0.25, 0.3) is 0 Å². The molecule has 0 bridgehead atoms. The van der Waals surface area contributed by atoms with Gasteiger partial charge in [0.25, 0.3) is 0 Å². The van der Waals surface area contributed by atoms with Crippen molar-refractivity contribution < 1.29 is 19.1 Å². The summed E-state index contributed by atoms with van der Waals surface area (Å²) in [6.07, 6.45) is -0.580. The lowest BCUT2D eigenvalue weighted by Gasteiger charge is -2.15. The molecule has 1 unspecified atom stereocenters. The summed E-state index contributed by atoms with van der Waals surface area (Å²) < 4.78 is 5.32. The molecule has 0 aromatic heterocycles. The van der Waals surface area contributed by atoms with Crippen LogP contribution in [0.15, 0.2) is 94.7 Å². The maximum absolute atomic E-state index is 12.5. The third kappa shape index (κ3) is 7.10. The predicted molar refractivity (Wildman–Crippen MR) is 126 cm³/mol. The highest BCUT2D eigenvalue weighted by molar-refractivity contribution is 7.99. The number of rotatable bonds is 10. The maximum atomic E-state index is 12.5. The molecule has 1 N–H and O–H groups in total. The van der Waals surface area contributed by atoms with Crippen LogP contribution in [0.1, 0.15) is 36.5 Å². The van der Waals surface area contributed by atoms with Crippen molar-refractivity contribution >= 4 is 35.1 Å². The smallest absolute Gasteiger partial charge is 0.307 e. The fraction of sp³-hybridized carbons (Fsp3) is 0.192. The molecule has 164 valence electrons. The minimum atomic E-state index is -0.845. The summed E-state index contributed by atoms with van der Waals surface area (Å²) in [6.45, 7) is 1.78. The normalized spacial score (nSPS) is 11.4. The number of ether oxygens (including phenoxy) is 1. The van der Waals surface area contributed by atoms with Crippen LogP contribution in [0.4, 0.5) is 5.69 Å². The average Bonchev–Trinajstić information content (AvgIpc) is 2.83. The van der Waals surface area contributed by atoms with Gasteiger partial charge in [0.05, 0.1) is 6.42 Å². The molecule has 1 atom stereocenters. The lowest BCUT2D eigenvalue weighted by Crippen LogP contribution is -2.27. The minimum Gasteiger partial charge on any atom is -0.454 e. The fourth-order valence-electron chi connectivity index (χ4n) is 3.00. The van der Waals surface area contributed by atoms with E-state index in [2.05, 4.69) is 5.32 Å². The molecule has 32 heavy (non-hydrogen) atoms. The summed E-state index contributed by atoms with van der Waals surface area (Å²) in [5.41, 5.74) is 1.16. The molecule has 0 saturated carbocycles. The maximum Gasteiger partial charge on any atom is 0.307 e. The predicted octanol–water partition coefficient (Wildman–Crippen LogP) is 5.76. The Morgan fingerprint density at radius 3 is 2.03 bits per heavy atom. The van der Waals surface area contributed by atoms with Gasteiger partial charge in [0, 0.05) is 27.5 Å². The van der Waals surface area contributed by atoms with Crippen LogP contribution in [0.5, 0.6) is 0 Å². The average molecular weight is 448 g/mol. The van der Waals surface area contributed by atoms with Crippen molar-refractivity contribution in [2.75, 3.05) is 5.32 Å². The SMILES string of the molecule is CCC(OC(=O)CCC(=O)Nc1ccc(Sc2ccccc2)cc1)C(=O)c1ccccc1. The minimum absolute atomic E-state index is 0.0185. The van der Waals surface area contributed by atoms with Gasteiger partial charge >= 0.3 is 5.97 Å². The molecule has 0 aliphatic rings. The van der Waals surface area contributed by atoms with E-state index in [0.29, 0.717) is 17.7 Å². The molecule has 0 aliphatic carbocycles. The number of hydrogen-bond donors (Lipinski definition) is 1. The van der Waals surface area contributed by atoms with Gasteiger partial charge in [-0.05, 0) is 42.8 Å². The Morgan fingerprint density at radius 2 is 1.41 bits per heavy atom. The number of ketones is 1. The summed E-state index contributed by atoms with van der Waals surface area (Å²) >= 11 is 1.64. The first-order chi connectivity index (χ1) is 15.5. The Hall–Kier alpha value is -3.38. The Bertz CT molecular complexity index is 1040. The van der Waals surface area contributed by atoms with Gasteiger partial charge < -0.3 is 10.1 Å². The lowest BCUT2D eigenvalue weighted by atomic mass is 10.0. The second-order valence-corrected chi connectivity index (χ2v) is 8.25. The number of carbonyl (C=O) groups is 3. The monoisotopic (exact) mass is 447 g/mol. The van der Waals surface area contributed by atoms with Crippen molar-refractivity contribution in [2.45, 2.75) is 42.1 Å². The van der Waals surface area contributed by atoms with Gasteiger partial charge in [0.15, 0.2) is 6.10 Å². The van der Waals surface area contributed by atoms with Crippen molar-refractivity contribution in [3.05, 3.63) is 90.5 Å². The third-order valence-electron chi connectivity index (χ3n) is 4.67. The summed E-state index contributed by atoms with van der Waals surface area (Å²) in [5, 5.41) is 2.78. The second kappa shape index (κ2) is 11.9. The van der Waals surface area contributed by atoms with E-state index in [1.165, 1.54) is 0 Å². The fourth-order valence-corrected chi connectivity index (χ4v) is 3.84. The summed E-state index contributed by atoms with van der Waals surface area (Å²) in [6, 6.07) is 26.3. The molecule has 0 radical (unpaired) electrons. The molecule has 5 nitrogen and oxygen atoms in total. The Labute approximate surface area is 192 Å². The second-order valence-electron chi connectivity index (χ2n) is 7.10. The number of esters is 1. The number of benzene rings is 3. The van der Waals surface area contributed by atoms with E-state index in [4.69, 9.17) is 4.74 Å². The van der Waals surface area contributed by atoms with E-state index in [0.717, 1.165) is 9.79 Å². The van der Waals surface area contributed by atoms with Gasteiger partial charge in [-0.25, -0.2) is 0 Å². The molecule has 6 heteroatoms. The zero-order chi connectivity index (χ0) is 22.8. The first kappa shape index (κ1) is 23.3. The number of anilines is 1. The summed E-state index contributed by atoms with van der Waals surface area (Å²) in [5.74, 6) is -1.09. The molecular formula is C26H25NO4S. The molecule has 0 heterocycles. The first-order valence-electron chi connectivity index (χ1n) is 10.5. The third-order valence-corrected chi connectivity index (χ3v) is 5.68. The largest absolute Gasteiger partial charge is 0.454 e. The molecule has 0 spiro atoms. The van der Waals surface area contributed by atoms with Crippen molar-refractivity contribution in [2.24, 2.45) is 0 Å². The van der Waals surface area contributed by atoms with Crippen molar-refractivity contribution in [1.29, 1.82) is 0 Å². The summed E-state index contributed by atoms with van der Waals surface area (Å²) in [7, 11) is 0. The topological polar surface area (TPSA) is 72.5 Å². The lowest BCUT2D eigenvalue weighted by molar-refractivity contribution is -0.148. The van der Waals surface area contributed by atoms with Gasteiger partial charge in [0.1, 0.15) is 0 Å². The zero-order valence-corrected chi connectivity index (χ0v) is 18.6. The highest BCUT2D eigenvalue weighted by Gasteiger charge is 2.22. The first-order valence-corrected chi connectivity index (χ1v) is 11.3. The van der Waals surface area contributed by atoms with E-state index in [-0.39, 0.29) is 24.5 Å². The molecule has 3 aromatic carbocycles. The number of amides is 1. The van der Waals surface area contributed by atoms with E-state index in [1.54, 1.807) is 43.0 Å². The van der Waals surface area contributed by atoms with Gasteiger partial charge in [-0.3, -0.25) is 14.4 Å². The molecule has 3 aromatic rings. The highest BCUT2D eigenvalue weighted by Crippen LogP contribution is 2.28. The number of Topliss-reactive ketones (excluding diaryl/α,β-unsaturated/α-hetero) is 1. The van der Waals surface area contributed by atoms with Crippen LogP contribution in [-0.2, 0) is 14.3 Å². The molecule has 3 rings (SSSR count). The van der Waals surface area contributed by atoms with E-state index >= 15 is 0 Å². The Balaban J connectivity index is 1.44. The zero-order valence-electron chi connectivity index (χ0n) is 17.8. The number of hydrogen-bond acceptors (Lipinski definition) is 5. The van der Waals surface area contributed by atoms with Crippen LogP contribution < -0.4 is 5.32 Å². The molecular weight excluding hydrogens is 422 g/mol. The molecule has 1 amide bonds. The van der Waals surface area contributed by atoms with Crippen LogP contribution in [0.2, 0.25) is 0 Å². The van der Waals surface area contributed by atoms with E-state index < -0.39 is 12.1 Å². The van der Waals surface area contributed by atoms with Crippen molar-refractivity contribution in [1.82, 2.24) is 0 Å². The number of nitrogens with one attached hydrogen (secondary N) is 1. The van der Waals surface area contributed by atoms with Gasteiger partial charge in [-0.2, -0.15) is 0 Å². The van der Waals surface area contributed by atoms with Gasteiger partial charge in [0.2, 0.25) is 11.7 Å². The van der Waals surface area contributed by atoms with Crippen molar-refractivity contribution in [3.8, 4) is 0 Å². The van der Waals surface area contributed by atoms with Crippen LogP contribution in [-0.4, -0.2) is 23.8 Å². The Kier molecular flexibility index (Phi) is 8.63. The number of carbonyl (C=O) groups excluding carboxylic acids is 3. The molecule has 0 fully saturated rings. The Morgan fingerprint density at radius 1 is 0.812 bits per heavy atom. The summed E-state index contributed by atoms with van der Waals surface area (Å²) in [4.78, 5) is 39.1. The van der Waals surface area contributed by atoms with E-state index in [9.17, 15) is 14.4 Å². The van der Waals surface area contributed by atoms with Gasteiger partial charge in [-0.1, -0.05) is 67.2 Å². The standard InChI is InChI=1S/C26H25NO4S/c1-2-23(26(30)19-9-5-3-6-10-19)31-25(29)18-17-24(28)27-20-13-15-22(16-14-20)32-21-11-7-4-8-12-21/h3-16,23H,2,17-18H2,1H3,(H,27,28). The molecule has 0 aliphatic heterocycles.